The zero-order valence-electron chi connectivity index (χ0n) is 13.8. The fourth-order valence-corrected chi connectivity index (χ4v) is 2.75. The van der Waals surface area contributed by atoms with Gasteiger partial charge in [0.2, 0.25) is 0 Å². The van der Waals surface area contributed by atoms with E-state index in [1.807, 2.05) is 12.1 Å². The summed E-state index contributed by atoms with van der Waals surface area (Å²) >= 11 is 0. The number of likely N-dealkylation sites (N-methyl/N-ethyl adjacent to an activating group) is 1. The molecule has 2 aromatic rings. The average Bonchev–Trinajstić information content (AvgIpc) is 2.97. The lowest BCUT2D eigenvalue weighted by Crippen LogP contribution is -2.44. The van der Waals surface area contributed by atoms with Crippen molar-refractivity contribution in [3.63, 3.8) is 0 Å². The van der Waals surface area contributed by atoms with Crippen molar-refractivity contribution in [2.75, 3.05) is 40.8 Å². The molecule has 0 amide bonds. The van der Waals surface area contributed by atoms with Crippen LogP contribution in [-0.2, 0) is 6.54 Å². The molecular weight excluding hydrogens is 314 g/mol. The Kier molecular flexibility index (Phi) is 6.12. The van der Waals surface area contributed by atoms with Crippen LogP contribution < -0.4 is 5.32 Å². The van der Waals surface area contributed by atoms with Crippen molar-refractivity contribution < 1.29 is 4.52 Å². The molecule has 7 heteroatoms. The van der Waals surface area contributed by atoms with Crippen LogP contribution in [0.2, 0.25) is 0 Å². The second-order valence-electron chi connectivity index (χ2n) is 6.10. The van der Waals surface area contributed by atoms with E-state index in [0.29, 0.717) is 5.89 Å². The molecule has 0 spiro atoms. The highest BCUT2D eigenvalue weighted by atomic mass is 35.5. The molecule has 23 heavy (non-hydrogen) atoms. The quantitative estimate of drug-likeness (QED) is 0.918. The summed E-state index contributed by atoms with van der Waals surface area (Å²) in [5.74, 6) is 1.34. The van der Waals surface area contributed by atoms with Crippen molar-refractivity contribution in [1.29, 1.82) is 0 Å². The van der Waals surface area contributed by atoms with Gasteiger partial charge in [-0.2, -0.15) is 4.98 Å². The van der Waals surface area contributed by atoms with Gasteiger partial charge in [0.25, 0.3) is 5.89 Å². The third kappa shape index (κ3) is 4.29. The molecule has 0 radical (unpaired) electrons. The predicted octanol–water partition coefficient (Wildman–Crippen LogP) is 1.80. The Balaban J connectivity index is 0.00000192. The number of nitrogens with one attached hydrogen (secondary N) is 1. The van der Waals surface area contributed by atoms with E-state index in [0.717, 1.165) is 37.6 Å². The van der Waals surface area contributed by atoms with Gasteiger partial charge in [-0.1, -0.05) is 17.3 Å². The Morgan fingerprint density at radius 1 is 1.39 bits per heavy atom. The molecule has 1 aliphatic rings. The zero-order valence-corrected chi connectivity index (χ0v) is 14.6. The van der Waals surface area contributed by atoms with E-state index in [1.54, 1.807) is 0 Å². The van der Waals surface area contributed by atoms with E-state index in [9.17, 15) is 0 Å². The molecule has 1 N–H and O–H groups in total. The van der Waals surface area contributed by atoms with Crippen LogP contribution in [0.5, 0.6) is 0 Å². The fourth-order valence-electron chi connectivity index (χ4n) is 2.75. The topological polar surface area (TPSA) is 57.4 Å². The summed E-state index contributed by atoms with van der Waals surface area (Å²) in [6.45, 7) is 3.75. The van der Waals surface area contributed by atoms with Crippen LogP contribution in [0.1, 0.15) is 17.4 Å². The molecule has 1 saturated heterocycles. The van der Waals surface area contributed by atoms with E-state index in [1.165, 1.54) is 5.56 Å². The molecule has 0 saturated carbocycles. The first-order valence-corrected chi connectivity index (χ1v) is 7.62. The first-order valence-electron chi connectivity index (χ1n) is 7.62. The van der Waals surface area contributed by atoms with Crippen LogP contribution in [-0.4, -0.2) is 60.7 Å². The summed E-state index contributed by atoms with van der Waals surface area (Å²) in [5.41, 5.74) is 2.21. The maximum absolute atomic E-state index is 5.48. The zero-order chi connectivity index (χ0) is 15.5. The van der Waals surface area contributed by atoms with Gasteiger partial charge in [0.1, 0.15) is 0 Å². The summed E-state index contributed by atoms with van der Waals surface area (Å²) in [6.07, 6.45) is 0. The van der Waals surface area contributed by atoms with Gasteiger partial charge in [-0.25, -0.2) is 0 Å². The van der Waals surface area contributed by atoms with Crippen molar-refractivity contribution in [2.24, 2.45) is 0 Å². The largest absolute Gasteiger partial charge is 0.334 e. The highest BCUT2D eigenvalue weighted by Crippen LogP contribution is 2.23. The molecule has 1 fully saturated rings. The van der Waals surface area contributed by atoms with Crippen LogP contribution in [0, 0.1) is 0 Å². The van der Waals surface area contributed by atoms with Gasteiger partial charge in [-0.05, 0) is 38.8 Å². The minimum Gasteiger partial charge on any atom is -0.334 e. The highest BCUT2D eigenvalue weighted by molar-refractivity contribution is 5.85. The van der Waals surface area contributed by atoms with Gasteiger partial charge >= 0.3 is 0 Å². The molecule has 1 aliphatic heterocycles. The molecule has 2 heterocycles. The molecule has 0 bridgehead atoms. The number of nitrogens with zero attached hydrogens (tertiary/aromatic N) is 4. The molecule has 1 atom stereocenters. The smallest absolute Gasteiger partial charge is 0.257 e. The van der Waals surface area contributed by atoms with E-state index in [4.69, 9.17) is 4.52 Å². The van der Waals surface area contributed by atoms with Gasteiger partial charge in [-0.15, -0.1) is 12.4 Å². The van der Waals surface area contributed by atoms with E-state index in [2.05, 4.69) is 58.5 Å². The number of hydrogen-bond acceptors (Lipinski definition) is 6. The summed E-state index contributed by atoms with van der Waals surface area (Å²) in [7, 11) is 6.21. The Labute approximate surface area is 143 Å². The molecule has 6 nitrogen and oxygen atoms in total. The second kappa shape index (κ2) is 7.88. The van der Waals surface area contributed by atoms with Crippen LogP contribution in [0.25, 0.3) is 11.5 Å². The minimum atomic E-state index is 0. The maximum Gasteiger partial charge on any atom is 0.257 e. The summed E-state index contributed by atoms with van der Waals surface area (Å²) in [6, 6.07) is 8.45. The standard InChI is InChI=1S/C16H23N5O.ClH/c1-20(2)11-12-5-4-6-13(9-12)16-18-15(19-22-16)14-10-17-7-8-21(14)3;/h4-6,9,14,17H,7-8,10-11H2,1-3H3;1H. The fraction of sp³-hybridized carbons (Fsp3) is 0.500. The van der Waals surface area contributed by atoms with Crippen LogP contribution in [0.4, 0.5) is 0 Å². The number of aromatic nitrogens is 2. The first-order chi connectivity index (χ1) is 10.6. The van der Waals surface area contributed by atoms with Crippen LogP contribution in [0.15, 0.2) is 28.8 Å². The lowest BCUT2D eigenvalue weighted by molar-refractivity contribution is 0.190. The number of halogens is 1. The lowest BCUT2D eigenvalue weighted by Gasteiger charge is -2.30. The Bertz CT molecular complexity index is 630. The van der Waals surface area contributed by atoms with Crippen molar-refractivity contribution in [3.8, 4) is 11.5 Å². The summed E-state index contributed by atoms with van der Waals surface area (Å²) in [5, 5.41) is 7.55. The van der Waals surface area contributed by atoms with Crippen molar-refractivity contribution >= 4 is 12.4 Å². The maximum atomic E-state index is 5.48. The lowest BCUT2D eigenvalue weighted by atomic mass is 10.1. The van der Waals surface area contributed by atoms with Crippen LogP contribution >= 0.6 is 12.4 Å². The SMILES string of the molecule is CN(C)Cc1cccc(-c2nc(C3CNCCN3C)no2)c1.Cl. The van der Waals surface area contributed by atoms with Gasteiger partial charge in [0.15, 0.2) is 5.82 Å². The van der Waals surface area contributed by atoms with Crippen LogP contribution in [0.3, 0.4) is 0 Å². The van der Waals surface area contributed by atoms with Gasteiger partial charge in [0, 0.05) is 31.7 Å². The second-order valence-corrected chi connectivity index (χ2v) is 6.10. The molecular formula is C16H24ClN5O. The Morgan fingerprint density at radius 2 is 2.22 bits per heavy atom. The molecule has 3 rings (SSSR count). The number of piperazine rings is 1. The van der Waals surface area contributed by atoms with Gasteiger partial charge in [0.05, 0.1) is 6.04 Å². The number of rotatable bonds is 4. The molecule has 126 valence electrons. The van der Waals surface area contributed by atoms with E-state index < -0.39 is 0 Å². The number of hydrogen-bond donors (Lipinski definition) is 1. The van der Waals surface area contributed by atoms with Crippen molar-refractivity contribution in [3.05, 3.63) is 35.7 Å². The Morgan fingerprint density at radius 3 is 2.96 bits per heavy atom. The molecule has 0 aliphatic carbocycles. The number of benzene rings is 1. The average molecular weight is 338 g/mol. The predicted molar refractivity (Wildman–Crippen MR) is 92.6 cm³/mol. The van der Waals surface area contributed by atoms with Crippen molar-refractivity contribution in [1.82, 2.24) is 25.3 Å². The molecule has 1 unspecified atom stereocenters. The third-order valence-corrected chi connectivity index (χ3v) is 3.92. The third-order valence-electron chi connectivity index (χ3n) is 3.92. The molecule has 1 aromatic carbocycles. The first kappa shape index (κ1) is 17.9. The van der Waals surface area contributed by atoms with E-state index >= 15 is 0 Å². The monoisotopic (exact) mass is 337 g/mol. The summed E-state index contributed by atoms with van der Waals surface area (Å²) < 4.78 is 5.48. The minimum absolute atomic E-state index is 0. The normalized spacial score (nSPS) is 18.9. The van der Waals surface area contributed by atoms with Gasteiger partial charge < -0.3 is 14.7 Å². The summed E-state index contributed by atoms with van der Waals surface area (Å²) in [4.78, 5) is 9.00. The van der Waals surface area contributed by atoms with Crippen molar-refractivity contribution in [2.45, 2.75) is 12.6 Å². The van der Waals surface area contributed by atoms with E-state index in [-0.39, 0.29) is 18.4 Å². The molecule has 1 aromatic heterocycles. The van der Waals surface area contributed by atoms with Gasteiger partial charge in [-0.3, -0.25) is 4.90 Å². The Hall–Kier alpha value is -1.47. The highest BCUT2D eigenvalue weighted by Gasteiger charge is 2.25.